The molecule has 146 valence electrons. The number of halogens is 1. The minimum Gasteiger partial charge on any atom is -0.371 e. The second kappa shape index (κ2) is 8.43. The van der Waals surface area contributed by atoms with E-state index in [1.165, 1.54) is 4.90 Å². The molecule has 28 heavy (non-hydrogen) atoms. The summed E-state index contributed by atoms with van der Waals surface area (Å²) in [6.45, 7) is 3.84. The molecule has 0 radical (unpaired) electrons. The zero-order chi connectivity index (χ0) is 19.5. The van der Waals surface area contributed by atoms with Crippen molar-refractivity contribution in [3.05, 3.63) is 70.2 Å². The lowest BCUT2D eigenvalue weighted by atomic mass is 10.1. The second-order valence-corrected chi connectivity index (χ2v) is 7.66. The van der Waals surface area contributed by atoms with Gasteiger partial charge < -0.3 is 4.74 Å². The molecule has 5 nitrogen and oxygen atoms in total. The Morgan fingerprint density at radius 2 is 1.57 bits per heavy atom. The van der Waals surface area contributed by atoms with Crippen LogP contribution in [0.15, 0.2) is 48.5 Å². The van der Waals surface area contributed by atoms with Crippen molar-refractivity contribution < 1.29 is 14.3 Å². The predicted octanol–water partition coefficient (Wildman–Crippen LogP) is 3.79. The van der Waals surface area contributed by atoms with Gasteiger partial charge in [-0.15, -0.1) is 0 Å². The molecular weight excluding hydrogens is 376 g/mol. The maximum absolute atomic E-state index is 12.4. The van der Waals surface area contributed by atoms with Gasteiger partial charge in [0.2, 0.25) is 0 Å². The van der Waals surface area contributed by atoms with Crippen molar-refractivity contribution in [1.82, 2.24) is 9.80 Å². The lowest BCUT2D eigenvalue weighted by Crippen LogP contribution is -2.39. The molecule has 1 fully saturated rings. The highest BCUT2D eigenvalue weighted by Gasteiger charge is 2.34. The van der Waals surface area contributed by atoms with Crippen LogP contribution in [0.3, 0.4) is 0 Å². The number of imide groups is 1. The molecule has 2 aromatic carbocycles. The van der Waals surface area contributed by atoms with E-state index in [0.717, 1.165) is 43.1 Å². The Bertz CT molecular complexity index is 833. The van der Waals surface area contributed by atoms with Gasteiger partial charge in [-0.3, -0.25) is 19.4 Å². The SMILES string of the molecule is O=C1c2ccccc2C(=O)N1CCCCN1CCO[C@@H](c2ccc(Cl)cc2)C1. The van der Waals surface area contributed by atoms with Crippen molar-refractivity contribution in [1.29, 1.82) is 0 Å². The highest BCUT2D eigenvalue weighted by Crippen LogP contribution is 2.25. The molecule has 2 heterocycles. The van der Waals surface area contributed by atoms with E-state index in [1.54, 1.807) is 24.3 Å². The van der Waals surface area contributed by atoms with E-state index in [0.29, 0.717) is 24.3 Å². The van der Waals surface area contributed by atoms with Crippen LogP contribution in [0.4, 0.5) is 0 Å². The zero-order valence-corrected chi connectivity index (χ0v) is 16.4. The maximum atomic E-state index is 12.4. The molecule has 4 rings (SSSR count). The van der Waals surface area contributed by atoms with Gasteiger partial charge in [0.05, 0.1) is 23.8 Å². The Balaban J connectivity index is 1.25. The summed E-state index contributed by atoms with van der Waals surface area (Å²) < 4.78 is 5.90. The van der Waals surface area contributed by atoms with Crippen molar-refractivity contribution in [2.45, 2.75) is 18.9 Å². The van der Waals surface area contributed by atoms with Gasteiger partial charge >= 0.3 is 0 Å². The number of carbonyl (C=O) groups is 2. The summed E-state index contributed by atoms with van der Waals surface area (Å²) in [6.07, 6.45) is 1.79. The van der Waals surface area contributed by atoms with Crippen LogP contribution in [0.2, 0.25) is 5.02 Å². The fourth-order valence-corrected chi connectivity index (χ4v) is 3.96. The quantitative estimate of drug-likeness (QED) is 0.548. The number of hydrogen-bond acceptors (Lipinski definition) is 4. The molecule has 1 saturated heterocycles. The van der Waals surface area contributed by atoms with E-state index in [2.05, 4.69) is 4.90 Å². The summed E-state index contributed by atoms with van der Waals surface area (Å²) in [4.78, 5) is 28.5. The van der Waals surface area contributed by atoms with Crippen LogP contribution in [-0.4, -0.2) is 54.4 Å². The third-order valence-corrected chi connectivity index (χ3v) is 5.63. The van der Waals surface area contributed by atoms with Gasteiger partial charge in [0.25, 0.3) is 11.8 Å². The Kier molecular flexibility index (Phi) is 5.76. The van der Waals surface area contributed by atoms with E-state index in [-0.39, 0.29) is 17.9 Å². The number of benzene rings is 2. The van der Waals surface area contributed by atoms with Gasteiger partial charge in [0.15, 0.2) is 0 Å². The summed E-state index contributed by atoms with van der Waals surface area (Å²) >= 11 is 5.96. The summed E-state index contributed by atoms with van der Waals surface area (Å²) in [5.74, 6) is -0.343. The van der Waals surface area contributed by atoms with E-state index in [1.807, 2.05) is 24.3 Å². The normalized spacial score (nSPS) is 19.9. The number of carbonyl (C=O) groups excluding carboxylic acids is 2. The number of ether oxygens (including phenoxy) is 1. The number of amides is 2. The number of rotatable bonds is 6. The lowest BCUT2D eigenvalue weighted by Gasteiger charge is -2.33. The van der Waals surface area contributed by atoms with Crippen LogP contribution >= 0.6 is 11.6 Å². The lowest BCUT2D eigenvalue weighted by molar-refractivity contribution is -0.0304. The maximum Gasteiger partial charge on any atom is 0.261 e. The van der Waals surface area contributed by atoms with Gasteiger partial charge in [-0.05, 0) is 49.2 Å². The fourth-order valence-electron chi connectivity index (χ4n) is 3.83. The first-order valence-corrected chi connectivity index (χ1v) is 10.1. The summed E-state index contributed by atoms with van der Waals surface area (Å²) in [5, 5.41) is 0.726. The minimum atomic E-state index is -0.172. The first-order chi connectivity index (χ1) is 13.6. The summed E-state index contributed by atoms with van der Waals surface area (Å²) in [7, 11) is 0. The summed E-state index contributed by atoms with van der Waals surface area (Å²) in [6, 6.07) is 14.8. The van der Waals surface area contributed by atoms with E-state index < -0.39 is 0 Å². The van der Waals surface area contributed by atoms with Gasteiger partial charge in [-0.1, -0.05) is 35.9 Å². The van der Waals surface area contributed by atoms with E-state index in [4.69, 9.17) is 16.3 Å². The molecule has 6 heteroatoms. The number of hydrogen-bond donors (Lipinski definition) is 0. The van der Waals surface area contributed by atoms with Crippen LogP contribution in [0.5, 0.6) is 0 Å². The molecule has 2 amide bonds. The summed E-state index contributed by atoms with van der Waals surface area (Å²) in [5.41, 5.74) is 2.18. The zero-order valence-electron chi connectivity index (χ0n) is 15.6. The molecule has 1 atom stereocenters. The molecule has 2 aliphatic rings. The van der Waals surface area contributed by atoms with Gasteiger partial charge in [-0.2, -0.15) is 0 Å². The molecule has 0 aromatic heterocycles. The Morgan fingerprint density at radius 3 is 2.25 bits per heavy atom. The molecule has 2 aliphatic heterocycles. The van der Waals surface area contributed by atoms with Crippen molar-refractivity contribution >= 4 is 23.4 Å². The third-order valence-electron chi connectivity index (χ3n) is 5.38. The molecule has 0 bridgehead atoms. The number of unbranched alkanes of at least 4 members (excludes halogenated alkanes) is 1. The number of nitrogens with zero attached hydrogens (tertiary/aromatic N) is 2. The highest BCUT2D eigenvalue weighted by molar-refractivity contribution is 6.30. The average Bonchev–Trinajstić information content (AvgIpc) is 2.97. The molecule has 0 N–H and O–H groups in total. The molecule has 2 aromatic rings. The van der Waals surface area contributed by atoms with Crippen molar-refractivity contribution in [2.75, 3.05) is 32.8 Å². The standard InChI is InChI=1S/C22H23ClN2O3/c23-17-9-7-16(8-10-17)20-15-24(13-14-28-20)11-3-4-12-25-21(26)18-5-1-2-6-19(18)22(25)27/h1-2,5-10,20H,3-4,11-15H2/t20-/m1/s1. The fraction of sp³-hybridized carbons (Fsp3) is 0.364. The van der Waals surface area contributed by atoms with Crippen molar-refractivity contribution in [2.24, 2.45) is 0 Å². The van der Waals surface area contributed by atoms with Crippen molar-refractivity contribution in [3.63, 3.8) is 0 Å². The Morgan fingerprint density at radius 1 is 0.929 bits per heavy atom. The highest BCUT2D eigenvalue weighted by atomic mass is 35.5. The van der Waals surface area contributed by atoms with Crippen molar-refractivity contribution in [3.8, 4) is 0 Å². The predicted molar refractivity (Wildman–Crippen MR) is 108 cm³/mol. The number of morpholine rings is 1. The van der Waals surface area contributed by atoms with Crippen LogP contribution in [0, 0.1) is 0 Å². The third kappa shape index (κ3) is 3.97. The second-order valence-electron chi connectivity index (χ2n) is 7.23. The van der Waals surface area contributed by atoms with E-state index in [9.17, 15) is 9.59 Å². The smallest absolute Gasteiger partial charge is 0.261 e. The molecule has 0 spiro atoms. The van der Waals surface area contributed by atoms with Crippen LogP contribution < -0.4 is 0 Å². The topological polar surface area (TPSA) is 49.9 Å². The van der Waals surface area contributed by atoms with Crippen LogP contribution in [-0.2, 0) is 4.74 Å². The van der Waals surface area contributed by atoms with Gasteiger partial charge in [0, 0.05) is 24.7 Å². The molecule has 0 unspecified atom stereocenters. The Labute approximate surface area is 169 Å². The first-order valence-electron chi connectivity index (χ1n) is 9.68. The van der Waals surface area contributed by atoms with Gasteiger partial charge in [0.1, 0.15) is 0 Å². The number of fused-ring (bicyclic) bond motifs is 1. The average molecular weight is 399 g/mol. The molecule has 0 saturated carbocycles. The first kappa shape index (κ1) is 19.1. The van der Waals surface area contributed by atoms with Crippen LogP contribution in [0.25, 0.3) is 0 Å². The van der Waals surface area contributed by atoms with Gasteiger partial charge in [-0.25, -0.2) is 0 Å². The Hall–Kier alpha value is -2.21. The largest absolute Gasteiger partial charge is 0.371 e. The molecular formula is C22H23ClN2O3. The molecule has 0 aliphatic carbocycles. The van der Waals surface area contributed by atoms with Crippen LogP contribution in [0.1, 0.15) is 45.2 Å². The minimum absolute atomic E-state index is 0.0576. The monoisotopic (exact) mass is 398 g/mol. The van der Waals surface area contributed by atoms with E-state index >= 15 is 0 Å².